The minimum atomic E-state index is 0.725. The van der Waals surface area contributed by atoms with Gasteiger partial charge in [-0.05, 0) is 6.07 Å². The average Bonchev–Trinajstić information content (AvgIpc) is 2.81. The van der Waals surface area contributed by atoms with Crippen molar-refractivity contribution in [3.05, 3.63) is 42.9 Å². The van der Waals surface area contributed by atoms with Crippen molar-refractivity contribution < 1.29 is 0 Å². The van der Waals surface area contributed by atoms with E-state index >= 15 is 0 Å². The number of aromatic nitrogens is 3. The molecule has 0 saturated heterocycles. The SMILES string of the molecule is CN(C)c1ncc(-c2cccc3ccn(C)c23)cn1. The van der Waals surface area contributed by atoms with Gasteiger partial charge in [0.1, 0.15) is 0 Å². The largest absolute Gasteiger partial charge is 0.350 e. The van der Waals surface area contributed by atoms with Crippen molar-refractivity contribution in [2.75, 3.05) is 19.0 Å². The Morgan fingerprint density at radius 3 is 2.47 bits per heavy atom. The summed E-state index contributed by atoms with van der Waals surface area (Å²) in [5.41, 5.74) is 3.41. The van der Waals surface area contributed by atoms with Crippen LogP contribution in [0.2, 0.25) is 0 Å². The third-order valence-corrected chi connectivity index (χ3v) is 3.25. The Hall–Kier alpha value is -2.36. The molecule has 0 radical (unpaired) electrons. The van der Waals surface area contributed by atoms with Crippen LogP contribution in [0.5, 0.6) is 0 Å². The van der Waals surface area contributed by atoms with E-state index in [0.717, 1.165) is 17.1 Å². The number of aryl methyl sites for hydroxylation is 1. The first-order valence-electron chi connectivity index (χ1n) is 6.20. The van der Waals surface area contributed by atoms with E-state index < -0.39 is 0 Å². The Kier molecular flexibility index (Phi) is 2.71. The van der Waals surface area contributed by atoms with Gasteiger partial charge in [-0.3, -0.25) is 0 Å². The number of para-hydroxylation sites is 1. The summed E-state index contributed by atoms with van der Waals surface area (Å²) < 4.78 is 2.13. The van der Waals surface area contributed by atoms with Gasteiger partial charge in [0, 0.05) is 56.2 Å². The predicted molar refractivity (Wildman–Crippen MR) is 78.3 cm³/mol. The second-order valence-electron chi connectivity index (χ2n) is 4.84. The lowest BCUT2D eigenvalue weighted by Gasteiger charge is -2.10. The van der Waals surface area contributed by atoms with E-state index in [0.29, 0.717) is 0 Å². The average molecular weight is 252 g/mol. The molecule has 0 aliphatic carbocycles. The number of benzene rings is 1. The normalized spacial score (nSPS) is 10.9. The van der Waals surface area contributed by atoms with Crippen molar-refractivity contribution in [2.24, 2.45) is 7.05 Å². The summed E-state index contributed by atoms with van der Waals surface area (Å²) >= 11 is 0. The summed E-state index contributed by atoms with van der Waals surface area (Å²) in [6, 6.07) is 8.41. The zero-order chi connectivity index (χ0) is 13.4. The Morgan fingerprint density at radius 1 is 1.05 bits per heavy atom. The second kappa shape index (κ2) is 4.39. The molecular weight excluding hydrogens is 236 g/mol. The second-order valence-corrected chi connectivity index (χ2v) is 4.84. The minimum Gasteiger partial charge on any atom is -0.350 e. The Morgan fingerprint density at radius 2 is 1.79 bits per heavy atom. The molecule has 0 amide bonds. The molecule has 0 unspecified atom stereocenters. The molecule has 3 rings (SSSR count). The number of anilines is 1. The Bertz CT molecular complexity index is 711. The summed E-state index contributed by atoms with van der Waals surface area (Å²) in [5.74, 6) is 0.725. The first-order chi connectivity index (χ1) is 9.16. The lowest BCUT2D eigenvalue weighted by atomic mass is 10.1. The summed E-state index contributed by atoms with van der Waals surface area (Å²) in [4.78, 5) is 10.7. The molecule has 0 N–H and O–H groups in total. The summed E-state index contributed by atoms with van der Waals surface area (Å²) in [6.45, 7) is 0. The molecular formula is C15H16N4. The number of nitrogens with zero attached hydrogens (tertiary/aromatic N) is 4. The number of rotatable bonds is 2. The van der Waals surface area contributed by atoms with Gasteiger partial charge in [-0.25, -0.2) is 9.97 Å². The van der Waals surface area contributed by atoms with Crippen LogP contribution in [0, 0.1) is 0 Å². The van der Waals surface area contributed by atoms with Crippen LogP contribution in [0.1, 0.15) is 0 Å². The molecule has 2 aromatic heterocycles. The highest BCUT2D eigenvalue weighted by Crippen LogP contribution is 2.28. The van der Waals surface area contributed by atoms with Crippen molar-refractivity contribution in [3.8, 4) is 11.1 Å². The van der Waals surface area contributed by atoms with E-state index in [9.17, 15) is 0 Å². The van der Waals surface area contributed by atoms with Crippen molar-refractivity contribution in [1.29, 1.82) is 0 Å². The zero-order valence-corrected chi connectivity index (χ0v) is 11.3. The maximum Gasteiger partial charge on any atom is 0.224 e. The third-order valence-electron chi connectivity index (χ3n) is 3.25. The fraction of sp³-hybridized carbons (Fsp3) is 0.200. The van der Waals surface area contributed by atoms with Crippen LogP contribution >= 0.6 is 0 Å². The maximum absolute atomic E-state index is 4.38. The van der Waals surface area contributed by atoms with E-state index in [-0.39, 0.29) is 0 Å². The fourth-order valence-electron chi connectivity index (χ4n) is 2.28. The maximum atomic E-state index is 4.38. The zero-order valence-electron chi connectivity index (χ0n) is 11.3. The smallest absolute Gasteiger partial charge is 0.224 e. The van der Waals surface area contributed by atoms with E-state index in [1.807, 2.05) is 31.4 Å². The fourth-order valence-corrected chi connectivity index (χ4v) is 2.28. The molecule has 19 heavy (non-hydrogen) atoms. The first-order valence-corrected chi connectivity index (χ1v) is 6.20. The monoisotopic (exact) mass is 252 g/mol. The van der Waals surface area contributed by atoms with Crippen LogP contribution in [-0.4, -0.2) is 28.6 Å². The first kappa shape index (κ1) is 11.7. The van der Waals surface area contributed by atoms with Gasteiger partial charge in [-0.2, -0.15) is 0 Å². The van der Waals surface area contributed by atoms with Crippen LogP contribution < -0.4 is 4.90 Å². The molecule has 0 bridgehead atoms. The number of hydrogen-bond donors (Lipinski definition) is 0. The van der Waals surface area contributed by atoms with Gasteiger partial charge in [-0.15, -0.1) is 0 Å². The molecule has 0 saturated carbocycles. The van der Waals surface area contributed by atoms with E-state index in [1.165, 1.54) is 10.9 Å². The van der Waals surface area contributed by atoms with Gasteiger partial charge in [0.2, 0.25) is 5.95 Å². The van der Waals surface area contributed by atoms with E-state index in [4.69, 9.17) is 0 Å². The predicted octanol–water partition coefficient (Wildman–Crippen LogP) is 2.70. The van der Waals surface area contributed by atoms with Crippen molar-refractivity contribution >= 4 is 16.9 Å². The lowest BCUT2D eigenvalue weighted by Crippen LogP contribution is -2.12. The molecule has 0 fully saturated rings. The van der Waals surface area contributed by atoms with E-state index in [1.54, 1.807) is 0 Å². The van der Waals surface area contributed by atoms with Gasteiger partial charge < -0.3 is 9.47 Å². The van der Waals surface area contributed by atoms with Crippen LogP contribution in [-0.2, 0) is 7.05 Å². The molecule has 2 heterocycles. The van der Waals surface area contributed by atoms with Crippen molar-refractivity contribution in [1.82, 2.24) is 14.5 Å². The molecule has 0 aliphatic rings. The minimum absolute atomic E-state index is 0.725. The van der Waals surface area contributed by atoms with Gasteiger partial charge in [0.25, 0.3) is 0 Å². The highest BCUT2D eigenvalue weighted by molar-refractivity contribution is 5.94. The molecule has 4 heteroatoms. The number of fused-ring (bicyclic) bond motifs is 1. The van der Waals surface area contributed by atoms with Crippen molar-refractivity contribution in [2.45, 2.75) is 0 Å². The lowest BCUT2D eigenvalue weighted by molar-refractivity contribution is 0.968. The summed E-state index contributed by atoms with van der Waals surface area (Å²) in [7, 11) is 5.93. The highest BCUT2D eigenvalue weighted by atomic mass is 15.2. The summed E-state index contributed by atoms with van der Waals surface area (Å²) in [6.07, 6.45) is 5.83. The molecule has 0 atom stereocenters. The Labute approximate surface area is 112 Å². The Balaban J connectivity index is 2.16. The van der Waals surface area contributed by atoms with Gasteiger partial charge in [-0.1, -0.05) is 18.2 Å². The molecule has 3 aromatic rings. The third kappa shape index (κ3) is 1.95. The summed E-state index contributed by atoms with van der Waals surface area (Å²) in [5, 5.41) is 1.23. The van der Waals surface area contributed by atoms with Crippen LogP contribution in [0.3, 0.4) is 0 Å². The van der Waals surface area contributed by atoms with Crippen LogP contribution in [0.4, 0.5) is 5.95 Å². The quantitative estimate of drug-likeness (QED) is 0.703. The number of hydrogen-bond acceptors (Lipinski definition) is 3. The molecule has 0 spiro atoms. The van der Waals surface area contributed by atoms with Gasteiger partial charge in [0.05, 0.1) is 5.52 Å². The topological polar surface area (TPSA) is 34.0 Å². The van der Waals surface area contributed by atoms with Gasteiger partial charge in [0.15, 0.2) is 0 Å². The highest BCUT2D eigenvalue weighted by Gasteiger charge is 2.08. The van der Waals surface area contributed by atoms with Crippen LogP contribution in [0.15, 0.2) is 42.9 Å². The van der Waals surface area contributed by atoms with E-state index in [2.05, 4.69) is 52.0 Å². The van der Waals surface area contributed by atoms with Crippen molar-refractivity contribution in [3.63, 3.8) is 0 Å². The molecule has 4 nitrogen and oxygen atoms in total. The standard InChI is InChI=1S/C15H16N4/c1-18(2)15-16-9-12(10-17-15)13-6-4-5-11-7-8-19(3)14(11)13/h4-10H,1-3H3. The van der Waals surface area contributed by atoms with Gasteiger partial charge >= 0.3 is 0 Å². The molecule has 1 aromatic carbocycles. The molecule has 96 valence electrons. The molecule has 0 aliphatic heterocycles. The van der Waals surface area contributed by atoms with Crippen LogP contribution in [0.25, 0.3) is 22.0 Å².